The summed E-state index contributed by atoms with van der Waals surface area (Å²) in [5.41, 5.74) is 2.10. The molecule has 0 radical (unpaired) electrons. The standard InChI is InChI=1S/C23H36N6O2/c1-5-19(6-2)21-12-20(31-28-21)15-27-23(24-7-3)26-14-18-8-9-22(25-13-18)29-10-11-30-17(4)16-29/h8-9,12-13,17,19H,5-7,10-11,14-16H2,1-4H3,(H2,24,26,27). The van der Waals surface area contributed by atoms with E-state index in [2.05, 4.69) is 70.5 Å². The van der Waals surface area contributed by atoms with Crippen molar-refractivity contribution < 1.29 is 9.26 Å². The molecule has 0 aliphatic carbocycles. The molecule has 0 amide bonds. The molecular formula is C23H36N6O2. The molecule has 1 aliphatic rings. The molecule has 31 heavy (non-hydrogen) atoms. The van der Waals surface area contributed by atoms with Crippen LogP contribution >= 0.6 is 0 Å². The molecule has 2 aromatic heterocycles. The van der Waals surface area contributed by atoms with Crippen molar-refractivity contribution in [3.8, 4) is 0 Å². The number of rotatable bonds is 9. The second kappa shape index (κ2) is 11.7. The zero-order valence-electron chi connectivity index (χ0n) is 19.2. The number of guanidine groups is 1. The molecule has 2 N–H and O–H groups in total. The maximum atomic E-state index is 5.61. The smallest absolute Gasteiger partial charge is 0.191 e. The average Bonchev–Trinajstić information content (AvgIpc) is 3.26. The van der Waals surface area contributed by atoms with Crippen LogP contribution in [0.5, 0.6) is 0 Å². The van der Waals surface area contributed by atoms with Gasteiger partial charge in [-0.3, -0.25) is 0 Å². The molecule has 2 aromatic rings. The van der Waals surface area contributed by atoms with Crippen LogP contribution in [0, 0.1) is 0 Å². The topological polar surface area (TPSA) is 87.8 Å². The quantitative estimate of drug-likeness (QED) is 0.467. The van der Waals surface area contributed by atoms with Gasteiger partial charge in [0.2, 0.25) is 0 Å². The van der Waals surface area contributed by atoms with Crippen LogP contribution < -0.4 is 15.5 Å². The van der Waals surface area contributed by atoms with E-state index in [-0.39, 0.29) is 6.10 Å². The summed E-state index contributed by atoms with van der Waals surface area (Å²) in [6, 6.07) is 6.20. The molecule has 0 saturated carbocycles. The molecule has 8 nitrogen and oxygen atoms in total. The Morgan fingerprint density at radius 2 is 2.10 bits per heavy atom. The van der Waals surface area contributed by atoms with Crippen molar-refractivity contribution in [3.63, 3.8) is 0 Å². The molecule has 0 bridgehead atoms. The van der Waals surface area contributed by atoms with Crippen LogP contribution in [-0.2, 0) is 17.8 Å². The van der Waals surface area contributed by atoms with Crippen molar-refractivity contribution in [2.75, 3.05) is 31.1 Å². The first kappa shape index (κ1) is 23.1. The van der Waals surface area contributed by atoms with E-state index in [1.54, 1.807) is 0 Å². The van der Waals surface area contributed by atoms with E-state index in [0.717, 1.165) is 67.9 Å². The Hall–Kier alpha value is -2.61. The molecule has 0 spiro atoms. The zero-order valence-corrected chi connectivity index (χ0v) is 19.2. The number of anilines is 1. The van der Waals surface area contributed by atoms with Crippen LogP contribution in [-0.4, -0.2) is 48.4 Å². The second-order valence-electron chi connectivity index (χ2n) is 7.93. The van der Waals surface area contributed by atoms with Crippen LogP contribution in [0.2, 0.25) is 0 Å². The minimum absolute atomic E-state index is 0.240. The van der Waals surface area contributed by atoms with E-state index in [0.29, 0.717) is 19.0 Å². The number of nitrogens with one attached hydrogen (secondary N) is 2. The number of morpholine rings is 1. The van der Waals surface area contributed by atoms with Gasteiger partial charge in [0.15, 0.2) is 11.7 Å². The molecule has 1 fully saturated rings. The molecule has 1 saturated heterocycles. The SMILES string of the molecule is CCNC(=NCc1ccc(N2CCOC(C)C2)nc1)NCc1cc(C(CC)CC)no1. The number of ether oxygens (including phenoxy) is 1. The normalized spacial score (nSPS) is 17.3. The van der Waals surface area contributed by atoms with Crippen LogP contribution in [0.4, 0.5) is 5.82 Å². The minimum Gasteiger partial charge on any atom is -0.375 e. The summed E-state index contributed by atoms with van der Waals surface area (Å²) in [5.74, 6) is 3.01. The first-order valence-corrected chi connectivity index (χ1v) is 11.4. The van der Waals surface area contributed by atoms with Crippen molar-refractivity contribution in [2.24, 2.45) is 4.99 Å². The van der Waals surface area contributed by atoms with Crippen LogP contribution in [0.15, 0.2) is 33.9 Å². The van der Waals surface area contributed by atoms with E-state index >= 15 is 0 Å². The Labute approximate surface area is 185 Å². The molecule has 1 unspecified atom stereocenters. The Balaban J connectivity index is 1.55. The monoisotopic (exact) mass is 428 g/mol. The first-order chi connectivity index (χ1) is 15.1. The lowest BCUT2D eigenvalue weighted by Crippen LogP contribution is -2.41. The van der Waals surface area contributed by atoms with Crippen molar-refractivity contribution in [3.05, 3.63) is 41.4 Å². The van der Waals surface area contributed by atoms with Gasteiger partial charge in [-0.15, -0.1) is 0 Å². The van der Waals surface area contributed by atoms with Crippen LogP contribution in [0.1, 0.15) is 63.5 Å². The third-order valence-electron chi connectivity index (χ3n) is 5.55. The lowest BCUT2D eigenvalue weighted by Gasteiger charge is -2.32. The molecule has 0 aromatic carbocycles. The number of hydrogen-bond donors (Lipinski definition) is 2. The Morgan fingerprint density at radius 1 is 1.26 bits per heavy atom. The Kier molecular flexibility index (Phi) is 8.70. The van der Waals surface area contributed by atoms with Gasteiger partial charge < -0.3 is 24.8 Å². The fraction of sp³-hybridized carbons (Fsp3) is 0.609. The molecular weight excluding hydrogens is 392 g/mol. The van der Waals surface area contributed by atoms with Gasteiger partial charge in [-0.2, -0.15) is 0 Å². The summed E-state index contributed by atoms with van der Waals surface area (Å²) >= 11 is 0. The molecule has 8 heteroatoms. The summed E-state index contributed by atoms with van der Waals surface area (Å²) in [6.07, 6.45) is 4.28. The van der Waals surface area contributed by atoms with Gasteiger partial charge in [-0.05, 0) is 38.3 Å². The van der Waals surface area contributed by atoms with Crippen molar-refractivity contribution in [1.29, 1.82) is 0 Å². The minimum atomic E-state index is 0.240. The number of nitrogens with zero attached hydrogens (tertiary/aromatic N) is 4. The van der Waals surface area contributed by atoms with E-state index in [9.17, 15) is 0 Å². The summed E-state index contributed by atoms with van der Waals surface area (Å²) in [6.45, 7) is 12.9. The highest BCUT2D eigenvalue weighted by molar-refractivity contribution is 5.79. The number of aromatic nitrogens is 2. The lowest BCUT2D eigenvalue weighted by atomic mass is 9.99. The average molecular weight is 429 g/mol. The predicted octanol–water partition coefficient (Wildman–Crippen LogP) is 3.45. The highest BCUT2D eigenvalue weighted by Crippen LogP contribution is 2.22. The predicted molar refractivity (Wildman–Crippen MR) is 123 cm³/mol. The van der Waals surface area contributed by atoms with Gasteiger partial charge in [0, 0.05) is 37.8 Å². The highest BCUT2D eigenvalue weighted by Gasteiger charge is 2.17. The van der Waals surface area contributed by atoms with Gasteiger partial charge in [0.1, 0.15) is 5.82 Å². The lowest BCUT2D eigenvalue weighted by molar-refractivity contribution is 0.0529. The molecule has 3 rings (SSSR count). The highest BCUT2D eigenvalue weighted by atomic mass is 16.5. The van der Waals surface area contributed by atoms with E-state index in [1.165, 1.54) is 0 Å². The number of aliphatic imine (C=N–C) groups is 1. The van der Waals surface area contributed by atoms with Crippen molar-refractivity contribution in [1.82, 2.24) is 20.8 Å². The van der Waals surface area contributed by atoms with Gasteiger partial charge in [-0.25, -0.2) is 9.98 Å². The Morgan fingerprint density at radius 3 is 2.77 bits per heavy atom. The molecule has 170 valence electrons. The van der Waals surface area contributed by atoms with Crippen molar-refractivity contribution in [2.45, 2.75) is 65.6 Å². The van der Waals surface area contributed by atoms with E-state index in [1.807, 2.05) is 12.3 Å². The van der Waals surface area contributed by atoms with Gasteiger partial charge in [-0.1, -0.05) is 25.1 Å². The zero-order chi connectivity index (χ0) is 22.1. The van der Waals surface area contributed by atoms with E-state index in [4.69, 9.17) is 9.26 Å². The van der Waals surface area contributed by atoms with Crippen LogP contribution in [0.25, 0.3) is 0 Å². The molecule has 3 heterocycles. The number of pyridine rings is 1. The fourth-order valence-electron chi connectivity index (χ4n) is 3.72. The second-order valence-corrected chi connectivity index (χ2v) is 7.93. The van der Waals surface area contributed by atoms with Crippen molar-refractivity contribution >= 4 is 11.8 Å². The summed E-state index contributed by atoms with van der Waals surface area (Å²) < 4.78 is 11.1. The summed E-state index contributed by atoms with van der Waals surface area (Å²) in [4.78, 5) is 11.6. The summed E-state index contributed by atoms with van der Waals surface area (Å²) in [7, 11) is 0. The third kappa shape index (κ3) is 6.69. The molecule has 1 aliphatic heterocycles. The van der Waals surface area contributed by atoms with Gasteiger partial charge in [0.25, 0.3) is 0 Å². The molecule has 1 atom stereocenters. The van der Waals surface area contributed by atoms with Gasteiger partial charge >= 0.3 is 0 Å². The largest absolute Gasteiger partial charge is 0.375 e. The first-order valence-electron chi connectivity index (χ1n) is 11.4. The number of hydrogen-bond acceptors (Lipinski definition) is 6. The van der Waals surface area contributed by atoms with Crippen LogP contribution in [0.3, 0.4) is 0 Å². The Bertz CT molecular complexity index is 816. The van der Waals surface area contributed by atoms with Gasteiger partial charge in [0.05, 0.1) is 31.5 Å². The maximum absolute atomic E-state index is 5.61. The maximum Gasteiger partial charge on any atom is 0.191 e. The van der Waals surface area contributed by atoms with E-state index < -0.39 is 0 Å². The summed E-state index contributed by atoms with van der Waals surface area (Å²) in [5, 5.41) is 10.8. The third-order valence-corrected chi connectivity index (χ3v) is 5.55. The fourth-order valence-corrected chi connectivity index (χ4v) is 3.72.